The average Bonchev–Trinajstić information content (AvgIpc) is 3.08. The second-order valence-electron chi connectivity index (χ2n) is 6.64. The van der Waals surface area contributed by atoms with Crippen LogP contribution in [0.5, 0.6) is 5.75 Å². The van der Waals surface area contributed by atoms with E-state index < -0.39 is 0 Å². The van der Waals surface area contributed by atoms with E-state index in [2.05, 4.69) is 6.07 Å². The van der Waals surface area contributed by atoms with Crippen LogP contribution in [0.4, 0.5) is 0 Å². The summed E-state index contributed by atoms with van der Waals surface area (Å²) in [7, 11) is 0. The zero-order chi connectivity index (χ0) is 18.3. The van der Waals surface area contributed by atoms with Crippen molar-refractivity contribution in [3.63, 3.8) is 0 Å². The molecule has 1 aliphatic heterocycles. The summed E-state index contributed by atoms with van der Waals surface area (Å²) in [5.74, 6) is 0.0875. The Kier molecular flexibility index (Phi) is 3.96. The minimum atomic E-state index is -0.249. The van der Waals surface area contributed by atoms with Crippen molar-refractivity contribution in [2.45, 2.75) is 33.2 Å². The molecule has 0 amide bonds. The van der Waals surface area contributed by atoms with Gasteiger partial charge in [0, 0.05) is 30.1 Å². The maximum Gasteiger partial charge on any atom is 0.314 e. The molecule has 1 aliphatic rings. The number of rotatable bonds is 3. The van der Waals surface area contributed by atoms with Gasteiger partial charge in [-0.3, -0.25) is 9.78 Å². The molecule has 0 radical (unpaired) electrons. The number of aryl methyl sites for hydroxylation is 2. The summed E-state index contributed by atoms with van der Waals surface area (Å²) in [6.07, 6.45) is 3.38. The fourth-order valence-corrected chi connectivity index (χ4v) is 3.41. The Bertz CT molecular complexity index is 1060. The minimum Gasteiger partial charge on any atom is -0.424 e. The number of benzene rings is 1. The Morgan fingerprint density at radius 3 is 2.96 bits per heavy atom. The first-order valence-electron chi connectivity index (χ1n) is 8.87. The van der Waals surface area contributed by atoms with Gasteiger partial charge in [-0.2, -0.15) is 5.26 Å². The zero-order valence-corrected chi connectivity index (χ0v) is 14.8. The predicted octanol–water partition coefficient (Wildman–Crippen LogP) is 4.08. The highest BCUT2D eigenvalue weighted by atomic mass is 16.5. The summed E-state index contributed by atoms with van der Waals surface area (Å²) in [6, 6.07) is 11.8. The fourth-order valence-electron chi connectivity index (χ4n) is 3.41. The number of carbonyl (C=O) groups is 1. The van der Waals surface area contributed by atoms with Gasteiger partial charge in [0.1, 0.15) is 6.07 Å². The normalized spacial score (nSPS) is 13.6. The number of carbonyl (C=O) groups excluding carboxylic acids is 1. The van der Waals surface area contributed by atoms with Gasteiger partial charge in [-0.05, 0) is 18.6 Å². The summed E-state index contributed by atoms with van der Waals surface area (Å²) in [5.41, 5.74) is 3.85. The van der Waals surface area contributed by atoms with Crippen molar-refractivity contribution >= 4 is 16.9 Å². The predicted molar refractivity (Wildman–Crippen MR) is 98.7 cm³/mol. The minimum absolute atomic E-state index is 0.168. The van der Waals surface area contributed by atoms with Crippen molar-refractivity contribution in [3.8, 4) is 23.1 Å². The van der Waals surface area contributed by atoms with Crippen LogP contribution >= 0.6 is 0 Å². The molecule has 0 aliphatic carbocycles. The fraction of sp³-hybridized carbons (Fsp3) is 0.286. The number of hydrogen-bond donors (Lipinski definition) is 0. The second-order valence-corrected chi connectivity index (χ2v) is 6.64. The largest absolute Gasteiger partial charge is 0.424 e. The highest BCUT2D eigenvalue weighted by Gasteiger charge is 2.28. The Labute approximate surface area is 151 Å². The molecule has 3 aromatic rings. The van der Waals surface area contributed by atoms with E-state index in [1.807, 2.05) is 48.9 Å². The monoisotopic (exact) mass is 345 g/mol. The third kappa shape index (κ3) is 2.46. The van der Waals surface area contributed by atoms with Crippen molar-refractivity contribution in [3.05, 3.63) is 47.8 Å². The molecule has 5 nitrogen and oxygen atoms in total. The van der Waals surface area contributed by atoms with Crippen LogP contribution in [0.1, 0.15) is 31.5 Å². The lowest BCUT2D eigenvalue weighted by Crippen LogP contribution is -2.18. The summed E-state index contributed by atoms with van der Waals surface area (Å²) in [5, 5.41) is 10.7. The number of ether oxygens (including phenoxy) is 1. The van der Waals surface area contributed by atoms with Gasteiger partial charge < -0.3 is 9.30 Å². The Hall–Kier alpha value is -3.13. The van der Waals surface area contributed by atoms with E-state index in [0.29, 0.717) is 11.3 Å². The molecular weight excluding hydrogens is 326 g/mol. The second kappa shape index (κ2) is 6.30. The van der Waals surface area contributed by atoms with Crippen LogP contribution < -0.4 is 4.74 Å². The van der Waals surface area contributed by atoms with E-state index in [1.165, 1.54) is 0 Å². The van der Waals surface area contributed by atoms with Crippen molar-refractivity contribution in [1.29, 1.82) is 5.26 Å². The number of para-hydroxylation sites is 1. The van der Waals surface area contributed by atoms with Crippen LogP contribution in [0.25, 0.3) is 22.2 Å². The van der Waals surface area contributed by atoms with Gasteiger partial charge in [0.05, 0.1) is 28.4 Å². The standard InChI is InChI=1S/C21H19N3O2/c1-3-13(2)21(25)26-18-9-11-24-10-8-17-19(20(18)24)15(12-22)14-6-4-5-7-16(14)23-17/h4-7,9,11,13H,3,8,10H2,1-2H3. The Morgan fingerprint density at radius 1 is 1.38 bits per heavy atom. The maximum absolute atomic E-state index is 12.3. The zero-order valence-electron chi connectivity index (χ0n) is 14.8. The molecular formula is C21H19N3O2. The molecule has 1 aromatic carbocycles. The molecule has 0 spiro atoms. The maximum atomic E-state index is 12.3. The molecule has 0 fully saturated rings. The quantitative estimate of drug-likeness (QED) is 0.671. The average molecular weight is 345 g/mol. The molecule has 1 unspecified atom stereocenters. The van der Waals surface area contributed by atoms with E-state index in [4.69, 9.17) is 9.72 Å². The van der Waals surface area contributed by atoms with Crippen molar-refractivity contribution < 1.29 is 9.53 Å². The number of pyridine rings is 1. The molecule has 26 heavy (non-hydrogen) atoms. The van der Waals surface area contributed by atoms with Crippen LogP contribution in [0.15, 0.2) is 36.5 Å². The molecule has 3 heterocycles. The van der Waals surface area contributed by atoms with Crippen LogP contribution in [-0.4, -0.2) is 15.5 Å². The Morgan fingerprint density at radius 2 is 2.19 bits per heavy atom. The topological polar surface area (TPSA) is 67.9 Å². The molecule has 1 atom stereocenters. The SMILES string of the molecule is CCC(C)C(=O)Oc1ccn2c1-c1c(nc3ccccc3c1C#N)CC2. The smallest absolute Gasteiger partial charge is 0.314 e. The van der Waals surface area contributed by atoms with Gasteiger partial charge >= 0.3 is 5.97 Å². The third-order valence-corrected chi connectivity index (χ3v) is 5.06. The number of aromatic nitrogens is 2. The first-order valence-corrected chi connectivity index (χ1v) is 8.87. The number of hydrogen-bond acceptors (Lipinski definition) is 4. The van der Waals surface area contributed by atoms with Gasteiger partial charge in [-0.1, -0.05) is 32.0 Å². The summed E-state index contributed by atoms with van der Waals surface area (Å²) < 4.78 is 7.72. The van der Waals surface area contributed by atoms with Crippen molar-refractivity contribution in [2.24, 2.45) is 5.92 Å². The number of fused-ring (bicyclic) bond motifs is 4. The van der Waals surface area contributed by atoms with Gasteiger partial charge in [0.25, 0.3) is 0 Å². The lowest BCUT2D eigenvalue weighted by molar-refractivity contribution is -0.138. The van der Waals surface area contributed by atoms with Gasteiger partial charge in [0.2, 0.25) is 0 Å². The van der Waals surface area contributed by atoms with Gasteiger partial charge in [-0.15, -0.1) is 0 Å². The lowest BCUT2D eigenvalue weighted by Gasteiger charge is -2.22. The van der Waals surface area contributed by atoms with Gasteiger partial charge in [-0.25, -0.2) is 0 Å². The number of nitrogens with zero attached hydrogens (tertiary/aromatic N) is 3. The Balaban J connectivity index is 1.92. The van der Waals surface area contributed by atoms with Crippen molar-refractivity contribution in [2.75, 3.05) is 0 Å². The first kappa shape index (κ1) is 16.3. The molecule has 0 N–H and O–H groups in total. The van der Waals surface area contributed by atoms with Crippen LogP contribution in [0, 0.1) is 17.2 Å². The van der Waals surface area contributed by atoms with E-state index in [9.17, 15) is 10.1 Å². The molecule has 4 rings (SSSR count). The van der Waals surface area contributed by atoms with Crippen LogP contribution in [0.3, 0.4) is 0 Å². The molecule has 0 saturated carbocycles. The number of esters is 1. The first-order chi connectivity index (χ1) is 12.6. The van der Waals surface area contributed by atoms with E-state index in [1.54, 1.807) is 6.07 Å². The van der Waals surface area contributed by atoms with E-state index >= 15 is 0 Å². The van der Waals surface area contributed by atoms with Crippen LogP contribution in [0.2, 0.25) is 0 Å². The number of nitriles is 1. The molecule has 5 heteroatoms. The van der Waals surface area contributed by atoms with Crippen molar-refractivity contribution in [1.82, 2.24) is 9.55 Å². The van der Waals surface area contributed by atoms with Crippen LogP contribution in [-0.2, 0) is 17.8 Å². The van der Waals surface area contributed by atoms with E-state index in [0.717, 1.165) is 47.2 Å². The highest BCUT2D eigenvalue weighted by molar-refractivity contribution is 5.94. The molecule has 2 aromatic heterocycles. The van der Waals surface area contributed by atoms with Gasteiger partial charge in [0.15, 0.2) is 5.75 Å². The summed E-state index contributed by atoms with van der Waals surface area (Å²) in [4.78, 5) is 17.1. The third-order valence-electron chi connectivity index (χ3n) is 5.06. The highest BCUT2D eigenvalue weighted by Crippen LogP contribution is 2.41. The molecule has 130 valence electrons. The summed E-state index contributed by atoms with van der Waals surface area (Å²) >= 11 is 0. The van der Waals surface area contributed by atoms with E-state index in [-0.39, 0.29) is 11.9 Å². The molecule has 0 bridgehead atoms. The molecule has 0 saturated heterocycles. The lowest BCUT2D eigenvalue weighted by atomic mass is 9.95. The summed E-state index contributed by atoms with van der Waals surface area (Å²) in [6.45, 7) is 4.56.